The lowest BCUT2D eigenvalue weighted by Crippen LogP contribution is -2.51. The van der Waals surface area contributed by atoms with Crippen molar-refractivity contribution in [2.45, 2.75) is 19.4 Å². The van der Waals surface area contributed by atoms with Crippen LogP contribution in [0.1, 0.15) is 28.9 Å². The number of carbonyl (C=O) groups excluding carboxylic acids is 2. The second-order valence-corrected chi connectivity index (χ2v) is 7.09. The zero-order chi connectivity index (χ0) is 18.8. The number of hydrogen-bond donors (Lipinski definition) is 0. The van der Waals surface area contributed by atoms with E-state index in [0.717, 1.165) is 18.4 Å². The Kier molecular flexibility index (Phi) is 4.75. The van der Waals surface area contributed by atoms with Gasteiger partial charge >= 0.3 is 0 Å². The summed E-state index contributed by atoms with van der Waals surface area (Å²) in [6.45, 7) is 2.44. The van der Waals surface area contributed by atoms with Gasteiger partial charge in [-0.15, -0.1) is 0 Å². The molecular weight excluding hydrogens is 344 g/mol. The van der Waals surface area contributed by atoms with Crippen LogP contribution in [0.25, 0.3) is 0 Å². The molecule has 1 aromatic carbocycles. The molecule has 2 amide bonds. The number of aromatic nitrogens is 2. The van der Waals surface area contributed by atoms with E-state index in [2.05, 4.69) is 5.10 Å². The molecule has 1 aliphatic carbocycles. The van der Waals surface area contributed by atoms with Gasteiger partial charge in [-0.05, 0) is 24.5 Å². The third-order valence-electron chi connectivity index (χ3n) is 5.07. The summed E-state index contributed by atoms with van der Waals surface area (Å²) in [5.41, 5.74) is 0.964. The summed E-state index contributed by atoms with van der Waals surface area (Å²) >= 11 is 0. The number of rotatable bonds is 4. The lowest BCUT2D eigenvalue weighted by molar-refractivity contribution is -0.134. The van der Waals surface area contributed by atoms with Gasteiger partial charge in [0, 0.05) is 38.2 Å². The molecule has 2 aromatic rings. The Hall–Kier alpha value is -2.96. The van der Waals surface area contributed by atoms with Crippen molar-refractivity contribution in [2.24, 2.45) is 5.92 Å². The van der Waals surface area contributed by atoms with Crippen LogP contribution in [0.15, 0.2) is 47.3 Å². The molecule has 0 bridgehead atoms. The van der Waals surface area contributed by atoms with E-state index < -0.39 is 0 Å². The highest BCUT2D eigenvalue weighted by Crippen LogP contribution is 2.31. The number of carbonyl (C=O) groups is 2. The molecular formula is C20H22N4O3. The van der Waals surface area contributed by atoms with E-state index in [9.17, 15) is 14.4 Å². The number of nitrogens with zero attached hydrogens (tertiary/aromatic N) is 4. The first kappa shape index (κ1) is 17.5. The largest absolute Gasteiger partial charge is 0.339 e. The molecule has 140 valence electrons. The average Bonchev–Trinajstić information content (AvgIpc) is 3.55. The Bertz CT molecular complexity index is 897. The molecule has 0 spiro atoms. The molecule has 2 fully saturated rings. The zero-order valence-corrected chi connectivity index (χ0v) is 15.1. The topological polar surface area (TPSA) is 75.5 Å². The molecule has 1 saturated carbocycles. The van der Waals surface area contributed by atoms with Crippen molar-refractivity contribution in [3.05, 3.63) is 64.1 Å². The summed E-state index contributed by atoms with van der Waals surface area (Å²) in [4.78, 5) is 40.6. The maximum Gasteiger partial charge on any atom is 0.274 e. The first-order chi connectivity index (χ1) is 13.1. The minimum atomic E-state index is -0.241. The van der Waals surface area contributed by atoms with Crippen LogP contribution in [0.2, 0.25) is 0 Å². The average molecular weight is 366 g/mol. The van der Waals surface area contributed by atoms with E-state index in [4.69, 9.17) is 0 Å². The van der Waals surface area contributed by atoms with E-state index in [-0.39, 0.29) is 29.0 Å². The SMILES string of the molecule is O=C(c1ccc(=O)n(Cc2ccccc2)n1)N1CCN(C(=O)C2CC2)CC1. The highest BCUT2D eigenvalue weighted by atomic mass is 16.2. The highest BCUT2D eigenvalue weighted by Gasteiger charge is 2.35. The molecule has 2 aliphatic rings. The van der Waals surface area contributed by atoms with Crippen LogP contribution in [-0.4, -0.2) is 57.6 Å². The summed E-state index contributed by atoms with van der Waals surface area (Å²) in [6, 6.07) is 12.4. The van der Waals surface area contributed by atoms with Gasteiger partial charge in [0.2, 0.25) is 5.91 Å². The van der Waals surface area contributed by atoms with E-state index in [1.54, 1.807) is 4.90 Å². The summed E-state index contributed by atoms with van der Waals surface area (Å²) in [7, 11) is 0. The molecule has 7 heteroatoms. The number of amides is 2. The standard InChI is InChI=1S/C20H22N4O3/c25-18-9-8-17(21-24(18)14-15-4-2-1-3-5-15)20(27)23-12-10-22(11-13-23)19(26)16-6-7-16/h1-5,8-9,16H,6-7,10-14H2. The second-order valence-electron chi connectivity index (χ2n) is 7.09. The van der Waals surface area contributed by atoms with Gasteiger partial charge in [0.1, 0.15) is 5.69 Å². The summed E-state index contributed by atoms with van der Waals surface area (Å²) in [5.74, 6) is 0.224. The molecule has 1 aromatic heterocycles. The van der Waals surface area contributed by atoms with Crippen LogP contribution in [0.5, 0.6) is 0 Å². The normalized spacial score (nSPS) is 17.0. The van der Waals surface area contributed by atoms with Crippen molar-refractivity contribution >= 4 is 11.8 Å². The molecule has 2 heterocycles. The minimum absolute atomic E-state index is 0.199. The second kappa shape index (κ2) is 7.34. The van der Waals surface area contributed by atoms with Crippen molar-refractivity contribution in [3.8, 4) is 0 Å². The Balaban J connectivity index is 1.44. The van der Waals surface area contributed by atoms with Gasteiger partial charge in [-0.1, -0.05) is 30.3 Å². The Morgan fingerprint density at radius 3 is 2.26 bits per heavy atom. The van der Waals surface area contributed by atoms with Crippen molar-refractivity contribution in [1.29, 1.82) is 0 Å². The van der Waals surface area contributed by atoms with Gasteiger partial charge in [0.05, 0.1) is 6.54 Å². The maximum absolute atomic E-state index is 12.8. The molecule has 7 nitrogen and oxygen atoms in total. The van der Waals surface area contributed by atoms with E-state index in [1.807, 2.05) is 35.2 Å². The lowest BCUT2D eigenvalue weighted by Gasteiger charge is -2.34. The van der Waals surface area contributed by atoms with E-state index >= 15 is 0 Å². The molecule has 0 unspecified atom stereocenters. The van der Waals surface area contributed by atoms with Gasteiger partial charge < -0.3 is 9.80 Å². The highest BCUT2D eigenvalue weighted by molar-refractivity contribution is 5.92. The monoisotopic (exact) mass is 366 g/mol. The third kappa shape index (κ3) is 3.92. The fourth-order valence-corrected chi connectivity index (χ4v) is 3.31. The van der Waals surface area contributed by atoms with Gasteiger partial charge in [0.15, 0.2) is 0 Å². The molecule has 0 radical (unpaired) electrons. The van der Waals surface area contributed by atoms with Gasteiger partial charge in [0.25, 0.3) is 11.5 Å². The number of hydrogen-bond acceptors (Lipinski definition) is 4. The first-order valence-electron chi connectivity index (χ1n) is 9.32. The summed E-state index contributed by atoms with van der Waals surface area (Å²) < 4.78 is 1.31. The molecule has 4 rings (SSSR count). The first-order valence-corrected chi connectivity index (χ1v) is 9.32. The molecule has 0 N–H and O–H groups in total. The maximum atomic E-state index is 12.8. The lowest BCUT2D eigenvalue weighted by atomic mass is 10.2. The smallest absolute Gasteiger partial charge is 0.274 e. The fraction of sp³-hybridized carbons (Fsp3) is 0.400. The van der Waals surface area contributed by atoms with Crippen LogP contribution >= 0.6 is 0 Å². The number of piperazine rings is 1. The van der Waals surface area contributed by atoms with Crippen LogP contribution in [0, 0.1) is 5.92 Å². The van der Waals surface area contributed by atoms with Gasteiger partial charge in [-0.25, -0.2) is 4.68 Å². The molecule has 1 saturated heterocycles. The number of benzene rings is 1. The van der Waals surface area contributed by atoms with Crippen LogP contribution in [0.3, 0.4) is 0 Å². The van der Waals surface area contributed by atoms with Crippen molar-refractivity contribution in [3.63, 3.8) is 0 Å². The Morgan fingerprint density at radius 1 is 0.926 bits per heavy atom. The van der Waals surface area contributed by atoms with Crippen molar-refractivity contribution in [2.75, 3.05) is 26.2 Å². The zero-order valence-electron chi connectivity index (χ0n) is 15.1. The van der Waals surface area contributed by atoms with Crippen LogP contribution in [-0.2, 0) is 11.3 Å². The predicted molar refractivity (Wildman–Crippen MR) is 99.2 cm³/mol. The van der Waals surface area contributed by atoms with Crippen molar-refractivity contribution in [1.82, 2.24) is 19.6 Å². The Labute approximate surface area is 157 Å². The quantitative estimate of drug-likeness (QED) is 0.809. The van der Waals surface area contributed by atoms with E-state index in [0.29, 0.717) is 32.7 Å². The van der Waals surface area contributed by atoms with Crippen LogP contribution < -0.4 is 5.56 Å². The molecule has 1 aliphatic heterocycles. The fourth-order valence-electron chi connectivity index (χ4n) is 3.31. The summed E-state index contributed by atoms with van der Waals surface area (Å²) in [6.07, 6.45) is 1.98. The third-order valence-corrected chi connectivity index (χ3v) is 5.07. The molecule has 27 heavy (non-hydrogen) atoms. The van der Waals surface area contributed by atoms with Crippen molar-refractivity contribution < 1.29 is 9.59 Å². The minimum Gasteiger partial charge on any atom is -0.339 e. The van der Waals surface area contributed by atoms with E-state index in [1.165, 1.54) is 16.8 Å². The van der Waals surface area contributed by atoms with Gasteiger partial charge in [-0.3, -0.25) is 14.4 Å². The molecule has 0 atom stereocenters. The van der Waals surface area contributed by atoms with Crippen LogP contribution in [0.4, 0.5) is 0 Å². The van der Waals surface area contributed by atoms with Gasteiger partial charge in [-0.2, -0.15) is 5.10 Å². The summed E-state index contributed by atoms with van der Waals surface area (Å²) in [5, 5.41) is 4.27. The predicted octanol–water partition coefficient (Wildman–Crippen LogP) is 0.986. The Morgan fingerprint density at radius 2 is 1.59 bits per heavy atom.